The standard InChI is InChI=1S/C14H15N3O2/c1-7-5-11(10(4)19-7)12-6-13-15-9(3)8(2)14(18)17(13)16-12/h5-6,16H,1-4H3. The summed E-state index contributed by atoms with van der Waals surface area (Å²) in [6.07, 6.45) is 0. The second kappa shape index (κ2) is 3.85. The zero-order valence-corrected chi connectivity index (χ0v) is 11.4. The third-order valence-electron chi connectivity index (χ3n) is 3.41. The molecule has 0 amide bonds. The first-order chi connectivity index (χ1) is 8.97. The molecular weight excluding hydrogens is 242 g/mol. The summed E-state index contributed by atoms with van der Waals surface area (Å²) in [6, 6.07) is 3.82. The maximum Gasteiger partial charge on any atom is 0.275 e. The van der Waals surface area contributed by atoms with Crippen molar-refractivity contribution in [3.8, 4) is 11.3 Å². The molecule has 3 rings (SSSR count). The number of rotatable bonds is 1. The molecule has 5 heteroatoms. The molecule has 3 aromatic rings. The summed E-state index contributed by atoms with van der Waals surface area (Å²) >= 11 is 0. The van der Waals surface area contributed by atoms with Crippen molar-refractivity contribution in [2.24, 2.45) is 0 Å². The monoisotopic (exact) mass is 257 g/mol. The van der Waals surface area contributed by atoms with E-state index >= 15 is 0 Å². The minimum Gasteiger partial charge on any atom is -0.466 e. The summed E-state index contributed by atoms with van der Waals surface area (Å²) < 4.78 is 6.99. The van der Waals surface area contributed by atoms with Crippen molar-refractivity contribution < 1.29 is 4.42 Å². The number of hydrogen-bond acceptors (Lipinski definition) is 3. The number of hydrogen-bond donors (Lipinski definition) is 1. The summed E-state index contributed by atoms with van der Waals surface area (Å²) in [7, 11) is 0. The highest BCUT2D eigenvalue weighted by Gasteiger charge is 2.13. The van der Waals surface area contributed by atoms with Crippen LogP contribution in [0.25, 0.3) is 16.9 Å². The second-order valence-electron chi connectivity index (χ2n) is 4.82. The van der Waals surface area contributed by atoms with Crippen LogP contribution < -0.4 is 5.56 Å². The lowest BCUT2D eigenvalue weighted by Gasteiger charge is -1.98. The highest BCUT2D eigenvalue weighted by Crippen LogP contribution is 2.25. The maximum absolute atomic E-state index is 12.2. The van der Waals surface area contributed by atoms with Gasteiger partial charge < -0.3 is 4.42 Å². The van der Waals surface area contributed by atoms with Gasteiger partial charge in [-0.1, -0.05) is 0 Å². The van der Waals surface area contributed by atoms with Crippen LogP contribution in [0.15, 0.2) is 21.3 Å². The molecule has 0 aliphatic rings. The van der Waals surface area contributed by atoms with Crippen LogP contribution in [0, 0.1) is 27.7 Å². The van der Waals surface area contributed by atoms with E-state index in [1.807, 2.05) is 32.9 Å². The van der Waals surface area contributed by atoms with E-state index in [2.05, 4.69) is 10.1 Å². The van der Waals surface area contributed by atoms with Crippen LogP contribution in [0.4, 0.5) is 0 Å². The summed E-state index contributed by atoms with van der Waals surface area (Å²) in [5.41, 5.74) is 3.77. The molecule has 0 atom stereocenters. The molecule has 0 saturated carbocycles. The molecule has 0 saturated heterocycles. The van der Waals surface area contributed by atoms with E-state index in [9.17, 15) is 4.79 Å². The molecule has 0 aliphatic carbocycles. The van der Waals surface area contributed by atoms with E-state index in [4.69, 9.17) is 4.42 Å². The van der Waals surface area contributed by atoms with Gasteiger partial charge in [-0.15, -0.1) is 0 Å². The van der Waals surface area contributed by atoms with Crippen LogP contribution in [0.1, 0.15) is 22.8 Å². The van der Waals surface area contributed by atoms with Gasteiger partial charge in [0.1, 0.15) is 11.5 Å². The van der Waals surface area contributed by atoms with E-state index < -0.39 is 0 Å². The fraction of sp³-hybridized carbons (Fsp3) is 0.286. The largest absolute Gasteiger partial charge is 0.466 e. The zero-order valence-electron chi connectivity index (χ0n) is 11.4. The minimum absolute atomic E-state index is 0.0633. The van der Waals surface area contributed by atoms with Crippen molar-refractivity contribution in [1.82, 2.24) is 14.6 Å². The Morgan fingerprint density at radius 2 is 1.95 bits per heavy atom. The molecule has 1 N–H and O–H groups in total. The Kier molecular flexibility index (Phi) is 2.38. The van der Waals surface area contributed by atoms with Crippen LogP contribution in [0.3, 0.4) is 0 Å². The topological polar surface area (TPSA) is 63.3 Å². The van der Waals surface area contributed by atoms with Gasteiger partial charge in [-0.3, -0.25) is 9.89 Å². The average molecular weight is 257 g/mol. The molecule has 5 nitrogen and oxygen atoms in total. The molecule has 3 heterocycles. The van der Waals surface area contributed by atoms with Crippen molar-refractivity contribution in [1.29, 1.82) is 0 Å². The van der Waals surface area contributed by atoms with Gasteiger partial charge in [0.15, 0.2) is 5.65 Å². The molecule has 98 valence electrons. The molecular formula is C14H15N3O2. The third kappa shape index (κ3) is 1.69. The normalized spacial score (nSPS) is 11.4. The SMILES string of the molecule is Cc1cc(-c2cc3nc(C)c(C)c(=O)n3[nH]2)c(C)o1. The number of nitrogens with zero attached hydrogens (tertiary/aromatic N) is 2. The van der Waals surface area contributed by atoms with Crippen molar-refractivity contribution in [3.63, 3.8) is 0 Å². The first-order valence-corrected chi connectivity index (χ1v) is 6.14. The van der Waals surface area contributed by atoms with E-state index in [0.717, 1.165) is 28.5 Å². The van der Waals surface area contributed by atoms with Crippen LogP contribution in [-0.4, -0.2) is 14.6 Å². The number of aromatic nitrogens is 3. The Hall–Kier alpha value is -2.30. The van der Waals surface area contributed by atoms with Crippen LogP contribution >= 0.6 is 0 Å². The van der Waals surface area contributed by atoms with E-state index in [-0.39, 0.29) is 5.56 Å². The van der Waals surface area contributed by atoms with Crippen molar-refractivity contribution in [3.05, 3.63) is 45.3 Å². The van der Waals surface area contributed by atoms with Gasteiger partial charge in [-0.05, 0) is 33.8 Å². The van der Waals surface area contributed by atoms with Gasteiger partial charge in [-0.25, -0.2) is 9.50 Å². The van der Waals surface area contributed by atoms with Gasteiger partial charge in [-0.2, -0.15) is 0 Å². The number of H-pyrrole nitrogens is 1. The van der Waals surface area contributed by atoms with Gasteiger partial charge in [0.25, 0.3) is 5.56 Å². The molecule has 0 spiro atoms. The van der Waals surface area contributed by atoms with Gasteiger partial charge in [0.05, 0.1) is 5.69 Å². The van der Waals surface area contributed by atoms with Crippen molar-refractivity contribution >= 4 is 5.65 Å². The molecule has 0 unspecified atom stereocenters. The predicted molar refractivity (Wildman–Crippen MR) is 72.5 cm³/mol. The van der Waals surface area contributed by atoms with Crippen LogP contribution in [-0.2, 0) is 0 Å². The lowest BCUT2D eigenvalue weighted by atomic mass is 10.2. The lowest BCUT2D eigenvalue weighted by Crippen LogP contribution is -2.19. The smallest absolute Gasteiger partial charge is 0.275 e. The lowest BCUT2D eigenvalue weighted by molar-refractivity contribution is 0.505. The quantitative estimate of drug-likeness (QED) is 0.728. The van der Waals surface area contributed by atoms with E-state index in [1.165, 1.54) is 4.52 Å². The highest BCUT2D eigenvalue weighted by atomic mass is 16.3. The van der Waals surface area contributed by atoms with Crippen LogP contribution in [0.2, 0.25) is 0 Å². The first kappa shape index (κ1) is 11.8. The minimum atomic E-state index is -0.0633. The van der Waals surface area contributed by atoms with Crippen molar-refractivity contribution in [2.45, 2.75) is 27.7 Å². The number of nitrogens with one attached hydrogen (secondary N) is 1. The summed E-state index contributed by atoms with van der Waals surface area (Å²) in [5, 5.41) is 3.08. The number of furan rings is 1. The van der Waals surface area contributed by atoms with Crippen LogP contribution in [0.5, 0.6) is 0 Å². The Morgan fingerprint density at radius 1 is 1.21 bits per heavy atom. The molecule has 3 aromatic heterocycles. The van der Waals surface area contributed by atoms with E-state index in [0.29, 0.717) is 11.2 Å². The van der Waals surface area contributed by atoms with Gasteiger partial charge in [0.2, 0.25) is 0 Å². The molecule has 19 heavy (non-hydrogen) atoms. The van der Waals surface area contributed by atoms with Gasteiger partial charge >= 0.3 is 0 Å². The third-order valence-corrected chi connectivity index (χ3v) is 3.41. The molecule has 0 radical (unpaired) electrons. The summed E-state index contributed by atoms with van der Waals surface area (Å²) in [4.78, 5) is 16.6. The van der Waals surface area contributed by atoms with Crippen molar-refractivity contribution in [2.75, 3.05) is 0 Å². The average Bonchev–Trinajstić information content (AvgIpc) is 2.90. The molecule has 0 aliphatic heterocycles. The Bertz CT molecular complexity index is 836. The summed E-state index contributed by atoms with van der Waals surface area (Å²) in [5.74, 6) is 1.67. The maximum atomic E-state index is 12.2. The second-order valence-corrected chi connectivity index (χ2v) is 4.82. The van der Waals surface area contributed by atoms with Gasteiger partial charge in [0, 0.05) is 22.9 Å². The fourth-order valence-electron chi connectivity index (χ4n) is 2.26. The molecule has 0 aromatic carbocycles. The predicted octanol–water partition coefficient (Wildman–Crippen LogP) is 2.52. The molecule has 0 bridgehead atoms. The Balaban J connectivity index is 2.31. The fourth-order valence-corrected chi connectivity index (χ4v) is 2.26. The number of aromatic amines is 1. The number of fused-ring (bicyclic) bond motifs is 1. The Labute approximate surface area is 109 Å². The Morgan fingerprint density at radius 3 is 2.58 bits per heavy atom. The number of aryl methyl sites for hydroxylation is 3. The first-order valence-electron chi connectivity index (χ1n) is 6.14. The van der Waals surface area contributed by atoms with E-state index in [1.54, 1.807) is 6.92 Å². The molecule has 0 fully saturated rings. The highest BCUT2D eigenvalue weighted by molar-refractivity contribution is 5.66. The zero-order chi connectivity index (χ0) is 13.7. The summed E-state index contributed by atoms with van der Waals surface area (Å²) in [6.45, 7) is 7.43.